The number of ether oxygens (including phenoxy) is 2. The first kappa shape index (κ1) is 31.0. The van der Waals surface area contributed by atoms with E-state index < -0.39 is 5.97 Å². The third-order valence-corrected chi connectivity index (χ3v) is 9.37. The molecule has 0 amide bonds. The quantitative estimate of drug-likeness (QED) is 0.383. The minimum Gasteiger partial charge on any atom is -0.481 e. The van der Waals surface area contributed by atoms with E-state index in [1.807, 2.05) is 20.8 Å². The lowest BCUT2D eigenvalue weighted by molar-refractivity contribution is -0.136. The predicted octanol–water partition coefficient (Wildman–Crippen LogP) is 4.60. The Bertz CT molecular complexity index is 1560. The van der Waals surface area contributed by atoms with Crippen LogP contribution in [0.1, 0.15) is 61.7 Å². The van der Waals surface area contributed by atoms with E-state index in [1.54, 1.807) is 0 Å². The number of benzene rings is 1. The number of hydrogen-bond acceptors (Lipinski definition) is 10. The van der Waals surface area contributed by atoms with Gasteiger partial charge in [0.25, 0.3) is 0 Å². The summed E-state index contributed by atoms with van der Waals surface area (Å²) >= 11 is 0. The van der Waals surface area contributed by atoms with Crippen LogP contribution in [0.5, 0.6) is 6.01 Å². The maximum atomic E-state index is 12.0. The molecule has 0 atom stereocenters. The number of carbonyl (C=O) groups is 1. The second-order valence-electron chi connectivity index (χ2n) is 13.1. The zero-order valence-electron chi connectivity index (χ0n) is 27.2. The Hall–Kier alpha value is -3.99. The minimum absolute atomic E-state index is 0.0383. The van der Waals surface area contributed by atoms with Gasteiger partial charge in [0, 0.05) is 61.8 Å². The molecule has 0 radical (unpaired) electrons. The molecule has 3 aliphatic rings. The molecule has 6 rings (SSSR count). The molecule has 240 valence electrons. The smallest absolute Gasteiger partial charge is 0.323 e. The number of aliphatic carboxylic acids is 1. The van der Waals surface area contributed by atoms with E-state index >= 15 is 0 Å². The van der Waals surface area contributed by atoms with Gasteiger partial charge in [0.05, 0.1) is 31.9 Å². The van der Waals surface area contributed by atoms with Crippen LogP contribution in [-0.2, 0) is 28.9 Å². The van der Waals surface area contributed by atoms with Crippen molar-refractivity contribution in [3.63, 3.8) is 0 Å². The van der Waals surface area contributed by atoms with Crippen LogP contribution < -0.4 is 19.4 Å². The summed E-state index contributed by atoms with van der Waals surface area (Å²) in [4.78, 5) is 37.7. The molecule has 0 aliphatic carbocycles. The topological polar surface area (TPSA) is 117 Å². The number of carboxylic acid groups (broad SMARTS) is 1. The molecular formula is C34H45N7O4. The monoisotopic (exact) mass is 615 g/mol. The lowest BCUT2D eigenvalue weighted by Gasteiger charge is -2.40. The molecular weight excluding hydrogens is 570 g/mol. The Morgan fingerprint density at radius 1 is 0.911 bits per heavy atom. The Morgan fingerprint density at radius 3 is 2.31 bits per heavy atom. The number of aromatic nitrogens is 4. The van der Waals surface area contributed by atoms with Gasteiger partial charge in [-0.1, -0.05) is 32.0 Å². The number of rotatable bonds is 8. The highest BCUT2D eigenvalue weighted by Crippen LogP contribution is 2.42. The third-order valence-electron chi connectivity index (χ3n) is 9.37. The Labute approximate surface area is 265 Å². The highest BCUT2D eigenvalue weighted by atomic mass is 16.5. The average molecular weight is 616 g/mol. The number of fused-ring (bicyclic) bond motifs is 1. The van der Waals surface area contributed by atoms with Gasteiger partial charge in [-0.3, -0.25) is 9.78 Å². The van der Waals surface area contributed by atoms with E-state index in [1.165, 1.54) is 11.1 Å². The van der Waals surface area contributed by atoms with Gasteiger partial charge >= 0.3 is 12.0 Å². The second kappa shape index (κ2) is 12.8. The molecule has 45 heavy (non-hydrogen) atoms. The van der Waals surface area contributed by atoms with Gasteiger partial charge in [-0.15, -0.1) is 0 Å². The van der Waals surface area contributed by atoms with Crippen molar-refractivity contribution in [2.45, 2.75) is 66.8 Å². The van der Waals surface area contributed by atoms with Crippen LogP contribution in [0.25, 0.3) is 11.1 Å². The summed E-state index contributed by atoms with van der Waals surface area (Å²) < 4.78 is 11.3. The number of pyridine rings is 1. The van der Waals surface area contributed by atoms with Crippen molar-refractivity contribution in [3.05, 3.63) is 46.3 Å². The lowest BCUT2D eigenvalue weighted by Crippen LogP contribution is -2.38. The number of morpholine rings is 1. The average Bonchev–Trinajstić information content (AvgIpc) is 3.02. The van der Waals surface area contributed by atoms with Crippen LogP contribution in [0, 0.1) is 19.3 Å². The summed E-state index contributed by atoms with van der Waals surface area (Å²) in [6, 6.07) is 7.00. The Kier molecular flexibility index (Phi) is 8.81. The zero-order valence-corrected chi connectivity index (χ0v) is 27.2. The van der Waals surface area contributed by atoms with Crippen molar-refractivity contribution < 1.29 is 19.4 Å². The van der Waals surface area contributed by atoms with E-state index in [2.05, 4.69) is 56.7 Å². The largest absolute Gasteiger partial charge is 0.481 e. The maximum absolute atomic E-state index is 12.0. The summed E-state index contributed by atoms with van der Waals surface area (Å²) in [5.41, 5.74) is 8.52. The molecule has 0 unspecified atom stereocenters. The number of anilines is 3. The first-order valence-corrected chi connectivity index (χ1v) is 16.2. The summed E-state index contributed by atoms with van der Waals surface area (Å²) in [6.45, 7) is 17.0. The van der Waals surface area contributed by atoms with Gasteiger partial charge < -0.3 is 29.3 Å². The van der Waals surface area contributed by atoms with E-state index in [-0.39, 0.29) is 11.8 Å². The summed E-state index contributed by atoms with van der Waals surface area (Å²) in [6.07, 6.45) is 2.92. The molecule has 1 N–H and O–H groups in total. The summed E-state index contributed by atoms with van der Waals surface area (Å²) in [7, 11) is 0. The normalized spacial score (nSPS) is 18.1. The standard InChI is InChI=1S/C34H45N7O4/c1-6-45-33-37-31(40-15-17-44-18-16-40)36-32(38-33)41-12-9-24-19-25(7-8-26(24)21-41)29-23(3)35-22(2)27(20-28(42)43)30(29)39-13-10-34(4,5)11-14-39/h7-8,19H,6,9-18,20-21H2,1-5H3,(H,42,43). The molecule has 0 saturated carbocycles. The van der Waals surface area contributed by atoms with Gasteiger partial charge in [-0.05, 0) is 62.1 Å². The number of carboxylic acids is 1. The molecule has 1 aromatic carbocycles. The van der Waals surface area contributed by atoms with Crippen LogP contribution in [0.15, 0.2) is 18.2 Å². The van der Waals surface area contributed by atoms with Gasteiger partial charge in [-0.25, -0.2) is 0 Å². The van der Waals surface area contributed by atoms with Gasteiger partial charge in [0.2, 0.25) is 11.9 Å². The highest BCUT2D eigenvalue weighted by Gasteiger charge is 2.31. The highest BCUT2D eigenvalue weighted by molar-refractivity contribution is 5.86. The predicted molar refractivity (Wildman–Crippen MR) is 174 cm³/mol. The molecule has 2 aromatic heterocycles. The first-order chi connectivity index (χ1) is 21.6. The number of hydrogen-bond donors (Lipinski definition) is 1. The van der Waals surface area contributed by atoms with E-state index in [9.17, 15) is 9.90 Å². The van der Waals surface area contributed by atoms with E-state index in [4.69, 9.17) is 19.4 Å². The van der Waals surface area contributed by atoms with Gasteiger partial charge in [0.15, 0.2) is 0 Å². The molecule has 11 heteroatoms. The van der Waals surface area contributed by atoms with Crippen molar-refractivity contribution in [2.24, 2.45) is 5.41 Å². The molecule has 2 fully saturated rings. The number of aryl methyl sites for hydroxylation is 2. The fourth-order valence-electron chi connectivity index (χ4n) is 6.72. The summed E-state index contributed by atoms with van der Waals surface area (Å²) in [5, 5.41) is 9.86. The fraction of sp³-hybridized carbons (Fsp3) is 0.559. The van der Waals surface area contributed by atoms with Crippen molar-refractivity contribution in [3.8, 4) is 17.1 Å². The fourth-order valence-corrected chi connectivity index (χ4v) is 6.72. The lowest BCUT2D eigenvalue weighted by atomic mass is 9.82. The zero-order chi connectivity index (χ0) is 31.7. The van der Waals surface area contributed by atoms with Crippen LogP contribution >= 0.6 is 0 Å². The van der Waals surface area contributed by atoms with Crippen molar-refractivity contribution in [1.29, 1.82) is 0 Å². The first-order valence-electron chi connectivity index (χ1n) is 16.2. The van der Waals surface area contributed by atoms with Gasteiger partial charge in [-0.2, -0.15) is 15.0 Å². The van der Waals surface area contributed by atoms with Crippen LogP contribution in [0.2, 0.25) is 0 Å². The maximum Gasteiger partial charge on any atom is 0.323 e. The number of nitrogens with zero attached hydrogens (tertiary/aromatic N) is 7. The molecule has 11 nitrogen and oxygen atoms in total. The van der Waals surface area contributed by atoms with Crippen LogP contribution in [0.3, 0.4) is 0 Å². The van der Waals surface area contributed by atoms with E-state index in [0.29, 0.717) is 44.3 Å². The van der Waals surface area contributed by atoms with Crippen molar-refractivity contribution in [1.82, 2.24) is 19.9 Å². The number of piperidine rings is 1. The molecule has 2 saturated heterocycles. The van der Waals surface area contributed by atoms with E-state index in [0.717, 1.165) is 85.8 Å². The molecule has 0 spiro atoms. The third kappa shape index (κ3) is 6.68. The van der Waals surface area contributed by atoms with Crippen LogP contribution in [0.4, 0.5) is 17.6 Å². The summed E-state index contributed by atoms with van der Waals surface area (Å²) in [5.74, 6) is 0.416. The molecule has 3 aliphatic heterocycles. The Balaban J connectivity index is 1.33. The molecule has 0 bridgehead atoms. The minimum atomic E-state index is -0.832. The second-order valence-corrected chi connectivity index (χ2v) is 13.1. The SMILES string of the molecule is CCOc1nc(N2CCOCC2)nc(N2CCc3cc(-c4c(C)nc(C)c(CC(=O)O)c4N4CCC(C)(C)CC4)ccc3C2)n1. The Morgan fingerprint density at radius 2 is 1.62 bits per heavy atom. The molecule has 5 heterocycles. The van der Waals surface area contributed by atoms with Crippen LogP contribution in [-0.4, -0.2) is 83.6 Å². The van der Waals surface area contributed by atoms with Gasteiger partial charge in [0.1, 0.15) is 0 Å². The van der Waals surface area contributed by atoms with Crippen molar-refractivity contribution >= 4 is 23.6 Å². The molecule has 3 aromatic rings. The van der Waals surface area contributed by atoms with Crippen molar-refractivity contribution in [2.75, 3.05) is 67.2 Å².